The van der Waals surface area contributed by atoms with E-state index >= 15 is 0 Å². The Morgan fingerprint density at radius 3 is 2.02 bits per heavy atom. The van der Waals surface area contributed by atoms with Gasteiger partial charge >= 0.3 is 12.1 Å². The zero-order valence-electron chi connectivity index (χ0n) is 28.9. The van der Waals surface area contributed by atoms with Crippen molar-refractivity contribution in [2.24, 2.45) is 7.05 Å². The number of alkyl halides is 3. The second-order valence-electron chi connectivity index (χ2n) is 12.2. The molecule has 12 heteroatoms. The minimum Gasteiger partial charge on any atom is -0.663 e. The van der Waals surface area contributed by atoms with Gasteiger partial charge in [0.05, 0.1) is 16.1 Å². The smallest absolute Gasteiger partial charge is 0.416 e. The molecule has 5 aromatic carbocycles. The lowest BCUT2D eigenvalue weighted by molar-refractivity contribution is -0.137. The number of amides is 2. The molecule has 8 nitrogen and oxygen atoms in total. The number of halogens is 4. The zero-order chi connectivity index (χ0) is 38.4. The number of hydrogen-bond donors (Lipinski definition) is 1. The van der Waals surface area contributed by atoms with Gasteiger partial charge in [-0.1, -0.05) is 108 Å². The second kappa shape index (κ2) is 16.2. The number of aryl methyl sites for hydroxylation is 1. The number of carbonyl (C=O) groups excluding carboxylic acids is 2. The average molecular weight is 740 g/mol. The van der Waals surface area contributed by atoms with Gasteiger partial charge in [-0.3, -0.25) is 9.59 Å². The lowest BCUT2D eigenvalue weighted by atomic mass is 9.97. The van der Waals surface area contributed by atoms with E-state index in [9.17, 15) is 32.7 Å². The van der Waals surface area contributed by atoms with Gasteiger partial charge in [0.1, 0.15) is 5.69 Å². The molecular formula is C41H35ClF3N4O4-. The number of carboxylic acid groups (broad SMARTS) is 1. The van der Waals surface area contributed by atoms with Crippen LogP contribution >= 0.6 is 11.6 Å². The molecule has 2 amide bonds. The van der Waals surface area contributed by atoms with Crippen LogP contribution in [0, 0.1) is 0 Å². The summed E-state index contributed by atoms with van der Waals surface area (Å²) in [5.41, 5.74) is 11.3. The number of likely N-dealkylation sites (N-methyl/N-ethyl adjacent to an activating group) is 1. The largest absolute Gasteiger partial charge is 0.663 e. The Hall–Kier alpha value is -5.91. The molecule has 53 heavy (non-hydrogen) atoms. The van der Waals surface area contributed by atoms with E-state index in [0.717, 1.165) is 23.3 Å². The molecule has 0 radical (unpaired) electrons. The van der Waals surface area contributed by atoms with Gasteiger partial charge in [0.25, 0.3) is 5.91 Å². The first-order valence-corrected chi connectivity index (χ1v) is 16.7. The maximum absolute atomic E-state index is 13.4. The third-order valence-electron chi connectivity index (χ3n) is 8.72. The van der Waals surface area contributed by atoms with Crippen LogP contribution in [0.5, 0.6) is 0 Å². The molecule has 2 N–H and O–H groups in total. The van der Waals surface area contributed by atoms with E-state index in [4.69, 9.17) is 17.3 Å². The molecule has 0 saturated heterocycles. The number of aromatic nitrogens is 1. The number of nitrogens with zero attached hydrogens (tertiary/aromatic N) is 3. The van der Waals surface area contributed by atoms with Crippen molar-refractivity contribution in [3.05, 3.63) is 166 Å². The highest BCUT2D eigenvalue weighted by Gasteiger charge is 2.30. The monoisotopic (exact) mass is 739 g/mol. The Bertz CT molecular complexity index is 2240. The Balaban J connectivity index is 0.000000241. The highest BCUT2D eigenvalue weighted by Crippen LogP contribution is 2.35. The van der Waals surface area contributed by atoms with Crippen molar-refractivity contribution in [2.75, 3.05) is 19.0 Å². The van der Waals surface area contributed by atoms with Crippen LogP contribution in [0.3, 0.4) is 0 Å². The van der Waals surface area contributed by atoms with E-state index in [2.05, 4.69) is 0 Å². The van der Waals surface area contributed by atoms with Gasteiger partial charge < -0.3 is 25.2 Å². The van der Waals surface area contributed by atoms with Crippen molar-refractivity contribution in [3.63, 3.8) is 0 Å². The summed E-state index contributed by atoms with van der Waals surface area (Å²) in [5, 5.41) is 9.98. The lowest BCUT2D eigenvalue weighted by Crippen LogP contribution is -2.29. The molecule has 0 saturated carbocycles. The number of rotatable bonds is 8. The van der Waals surface area contributed by atoms with E-state index in [1.165, 1.54) is 21.6 Å². The molecule has 6 aromatic rings. The van der Waals surface area contributed by atoms with Crippen molar-refractivity contribution in [1.29, 1.82) is 0 Å². The molecule has 1 atom stereocenters. The van der Waals surface area contributed by atoms with Gasteiger partial charge in [0.15, 0.2) is 0 Å². The minimum atomic E-state index is -4.45. The van der Waals surface area contributed by atoms with Crippen molar-refractivity contribution >= 4 is 46.0 Å². The van der Waals surface area contributed by atoms with Crippen LogP contribution in [-0.4, -0.2) is 46.5 Å². The number of benzene rings is 5. The van der Waals surface area contributed by atoms with Crippen LogP contribution in [-0.2, 0) is 24.6 Å². The van der Waals surface area contributed by atoms with Crippen molar-refractivity contribution in [2.45, 2.75) is 18.8 Å². The van der Waals surface area contributed by atoms with Gasteiger partial charge in [-0.25, -0.2) is 4.79 Å². The summed E-state index contributed by atoms with van der Waals surface area (Å²) < 4.78 is 40.3. The molecule has 6 rings (SSSR count). The summed E-state index contributed by atoms with van der Waals surface area (Å²) in [5.74, 6) is -1.74. The van der Waals surface area contributed by atoms with Gasteiger partial charge in [-0.05, 0) is 59.1 Å². The zero-order valence-corrected chi connectivity index (χ0v) is 29.7. The number of anilines is 1. The van der Waals surface area contributed by atoms with Crippen LogP contribution in [0.15, 0.2) is 127 Å². The fourth-order valence-electron chi connectivity index (χ4n) is 5.84. The Morgan fingerprint density at radius 1 is 0.830 bits per heavy atom. The van der Waals surface area contributed by atoms with Crippen LogP contribution in [0.25, 0.3) is 27.8 Å². The van der Waals surface area contributed by atoms with Crippen molar-refractivity contribution < 1.29 is 32.7 Å². The first-order valence-electron chi connectivity index (χ1n) is 16.3. The van der Waals surface area contributed by atoms with Crippen molar-refractivity contribution in [1.82, 2.24) is 9.47 Å². The molecular weight excluding hydrogens is 705 g/mol. The summed E-state index contributed by atoms with van der Waals surface area (Å²) in [7, 11) is 4.88. The van der Waals surface area contributed by atoms with E-state index in [0.29, 0.717) is 39.8 Å². The van der Waals surface area contributed by atoms with Crippen LogP contribution in [0.1, 0.15) is 43.6 Å². The Labute approximate surface area is 309 Å². The average Bonchev–Trinajstić information content (AvgIpc) is 3.42. The number of hydrogen-bond acceptors (Lipinski definition) is 3. The third kappa shape index (κ3) is 8.60. The van der Waals surface area contributed by atoms with E-state index in [-0.39, 0.29) is 22.5 Å². The van der Waals surface area contributed by atoms with E-state index in [1.54, 1.807) is 68.5 Å². The highest BCUT2D eigenvalue weighted by atomic mass is 35.5. The quantitative estimate of drug-likeness (QED) is 0.168. The van der Waals surface area contributed by atoms with Gasteiger partial charge in [0, 0.05) is 44.3 Å². The molecule has 0 aliphatic heterocycles. The maximum Gasteiger partial charge on any atom is 0.416 e. The maximum atomic E-state index is 13.4. The van der Waals surface area contributed by atoms with Crippen molar-refractivity contribution in [3.8, 4) is 11.1 Å². The number of carboxylic acids is 1. The highest BCUT2D eigenvalue weighted by molar-refractivity contribution is 6.38. The van der Waals surface area contributed by atoms with Gasteiger partial charge in [-0.15, -0.1) is 0 Å². The lowest BCUT2D eigenvalue weighted by Gasteiger charge is -2.26. The summed E-state index contributed by atoms with van der Waals surface area (Å²) in [4.78, 5) is 40.1. The number of nitrogens with one attached hydrogen (secondary N) is 1. The summed E-state index contributed by atoms with van der Waals surface area (Å²) in [6, 6.07) is 34.4. The molecule has 0 spiro atoms. The number of fused-ring (bicyclic) bond motifs is 1. The summed E-state index contributed by atoms with van der Waals surface area (Å²) >= 11 is 6.30. The Morgan fingerprint density at radius 2 is 1.42 bits per heavy atom. The molecule has 1 heterocycles. The second-order valence-corrected chi connectivity index (χ2v) is 12.6. The Kier molecular flexibility index (Phi) is 11.7. The molecule has 272 valence electrons. The van der Waals surface area contributed by atoms with Crippen LogP contribution in [0.2, 0.25) is 5.02 Å². The van der Waals surface area contributed by atoms with Crippen LogP contribution < -0.4 is 4.90 Å². The van der Waals surface area contributed by atoms with Gasteiger partial charge in [0.2, 0.25) is 5.91 Å². The topological polar surface area (TPSA) is 107 Å². The summed E-state index contributed by atoms with van der Waals surface area (Å²) in [6.45, 7) is 0.530. The molecule has 1 unspecified atom stereocenters. The molecule has 0 aliphatic carbocycles. The SMILES string of the molecule is CN(C(=O)c1ccccc1-c1ccc(C(F)(F)F)cc1)c1ccc2c(c1)c(Cl)c(C(=O)O)n2C.CN(Cc1ccccc1)C(=O)C([NH-])c1ccccc1. The molecule has 1 aromatic heterocycles. The minimum absolute atomic E-state index is 0.0598. The first kappa shape index (κ1) is 38.3. The fourth-order valence-corrected chi connectivity index (χ4v) is 6.19. The normalized spacial score (nSPS) is 11.7. The number of aromatic carboxylic acids is 1. The summed E-state index contributed by atoms with van der Waals surface area (Å²) in [6.07, 6.45) is -4.45. The molecule has 0 aliphatic rings. The van der Waals surface area contributed by atoms with E-state index in [1.807, 2.05) is 60.7 Å². The third-order valence-corrected chi connectivity index (χ3v) is 9.10. The standard InChI is InChI=1S/C25H18ClF3N2O3.C16H17N2O/c1-30(16-11-12-20-19(13-16)21(26)22(24(33)34)31(20)2)23(32)18-6-4-3-5-17(18)14-7-9-15(10-8-14)25(27,28)29;1-18(12-13-8-4-2-5-9-13)16(19)15(17)14-10-6-3-7-11-14/h3-13H,1-2H3,(H,33,34);2-11,15,17H,12H2,1H3/q;-1. The molecule has 0 bridgehead atoms. The fraction of sp³-hybridized carbons (Fsp3) is 0.146. The van der Waals surface area contributed by atoms with Crippen LogP contribution in [0.4, 0.5) is 18.9 Å². The number of carbonyl (C=O) groups is 3. The van der Waals surface area contributed by atoms with Gasteiger partial charge in [-0.2, -0.15) is 13.2 Å². The molecule has 0 fully saturated rings. The first-order chi connectivity index (χ1) is 25.2. The predicted molar refractivity (Wildman–Crippen MR) is 201 cm³/mol. The predicted octanol–water partition coefficient (Wildman–Crippen LogP) is 9.93. The van der Waals surface area contributed by atoms with E-state index < -0.39 is 23.8 Å².